The van der Waals surface area contributed by atoms with Crippen LogP contribution >= 0.6 is 34.9 Å². The summed E-state index contributed by atoms with van der Waals surface area (Å²) in [7, 11) is 0. The molecular weight excluding hydrogens is 386 g/mol. The fourth-order valence-corrected chi connectivity index (χ4v) is 3.97. The lowest BCUT2D eigenvalue weighted by Gasteiger charge is -2.16. The van der Waals surface area contributed by atoms with E-state index in [1.807, 2.05) is 43.8 Å². The molecule has 1 atom stereocenters. The number of hydrogen-bond donors (Lipinski definition) is 1. The Morgan fingerprint density at radius 3 is 2.81 bits per heavy atom. The number of amides is 1. The monoisotopic (exact) mass is 405 g/mol. The number of pyridine rings is 1. The van der Waals surface area contributed by atoms with Crippen molar-refractivity contribution in [3.8, 4) is 5.75 Å². The van der Waals surface area contributed by atoms with Crippen LogP contribution in [0.15, 0.2) is 41.6 Å². The second kappa shape index (κ2) is 8.75. The average Bonchev–Trinajstić information content (AvgIpc) is 3.08. The summed E-state index contributed by atoms with van der Waals surface area (Å²) in [4.78, 5) is 23.3. The summed E-state index contributed by atoms with van der Waals surface area (Å²) in [6, 6.07) is 7.73. The highest BCUT2D eigenvalue weighted by molar-refractivity contribution is 7.99. The van der Waals surface area contributed by atoms with E-state index in [1.165, 1.54) is 11.8 Å². The summed E-state index contributed by atoms with van der Waals surface area (Å²) in [6.45, 7) is 2.41. The van der Waals surface area contributed by atoms with Crippen LogP contribution in [0.5, 0.6) is 5.75 Å². The van der Waals surface area contributed by atoms with Gasteiger partial charge in [-0.2, -0.15) is 0 Å². The van der Waals surface area contributed by atoms with Crippen LogP contribution in [0.3, 0.4) is 0 Å². The van der Waals surface area contributed by atoms with Gasteiger partial charge < -0.3 is 10.1 Å². The van der Waals surface area contributed by atoms with Crippen molar-refractivity contribution in [3.63, 3.8) is 0 Å². The van der Waals surface area contributed by atoms with Crippen LogP contribution in [0.2, 0.25) is 0 Å². The molecule has 1 N–H and O–H groups in total. The van der Waals surface area contributed by atoms with E-state index in [2.05, 4.69) is 21.4 Å². The van der Waals surface area contributed by atoms with Gasteiger partial charge in [-0.25, -0.2) is 4.98 Å². The van der Waals surface area contributed by atoms with Crippen molar-refractivity contribution in [3.05, 3.63) is 46.5 Å². The number of hydrogen-bond acceptors (Lipinski definition) is 7. The van der Waals surface area contributed by atoms with Crippen LogP contribution in [0.25, 0.3) is 10.9 Å². The number of nitrogens with zero attached hydrogens (tertiary/aromatic N) is 2. The molecule has 2 heterocycles. The minimum Gasteiger partial charge on any atom is -0.470 e. The summed E-state index contributed by atoms with van der Waals surface area (Å²) in [5, 5.41) is 4.77. The van der Waals surface area contributed by atoms with Gasteiger partial charge >= 0.3 is 0 Å². The van der Waals surface area contributed by atoms with Gasteiger partial charge in [0.2, 0.25) is 5.44 Å². The number of nitrogens with one attached hydrogen (secondary N) is 1. The van der Waals surface area contributed by atoms with Gasteiger partial charge in [0, 0.05) is 27.6 Å². The molecule has 0 aliphatic carbocycles. The van der Waals surface area contributed by atoms with Gasteiger partial charge in [0.15, 0.2) is 0 Å². The maximum atomic E-state index is 12.4. The van der Waals surface area contributed by atoms with Gasteiger partial charge in [-0.15, -0.1) is 34.9 Å². The van der Waals surface area contributed by atoms with Crippen molar-refractivity contribution < 1.29 is 9.53 Å². The fraction of sp³-hybridized carbons (Fsp3) is 0.278. The van der Waals surface area contributed by atoms with Gasteiger partial charge in [0.1, 0.15) is 10.8 Å². The van der Waals surface area contributed by atoms with Crippen LogP contribution in [0, 0.1) is 6.92 Å². The Labute approximate surface area is 165 Å². The maximum Gasteiger partial charge on any atom is 0.272 e. The third kappa shape index (κ3) is 4.69. The predicted molar refractivity (Wildman–Crippen MR) is 110 cm³/mol. The molecule has 5 nitrogen and oxygen atoms in total. The summed E-state index contributed by atoms with van der Waals surface area (Å²) >= 11 is 4.57. The predicted octanol–water partition coefficient (Wildman–Crippen LogP) is 4.11. The maximum absolute atomic E-state index is 12.4. The highest BCUT2D eigenvalue weighted by Gasteiger charge is 2.19. The van der Waals surface area contributed by atoms with Gasteiger partial charge in [-0.3, -0.25) is 9.78 Å². The van der Waals surface area contributed by atoms with E-state index in [4.69, 9.17) is 4.74 Å². The molecule has 1 aromatic carbocycles. The molecule has 3 aromatic rings. The second-order valence-corrected chi connectivity index (χ2v) is 8.60. The molecule has 26 heavy (non-hydrogen) atoms. The highest BCUT2D eigenvalue weighted by Crippen LogP contribution is 2.25. The Balaban J connectivity index is 1.68. The van der Waals surface area contributed by atoms with E-state index in [9.17, 15) is 4.79 Å². The minimum atomic E-state index is -0.620. The molecular formula is C18H19N3O2S3. The number of thioether (sulfide) groups is 2. The molecule has 0 radical (unpaired) electrons. The molecule has 0 aliphatic rings. The highest BCUT2D eigenvalue weighted by atomic mass is 32.2. The van der Waals surface area contributed by atoms with Crippen molar-refractivity contribution in [1.82, 2.24) is 15.3 Å². The molecule has 0 saturated carbocycles. The van der Waals surface area contributed by atoms with Gasteiger partial charge in [-0.05, 0) is 43.7 Å². The van der Waals surface area contributed by atoms with Crippen LogP contribution in [0.1, 0.15) is 9.88 Å². The Kier molecular flexibility index (Phi) is 6.39. The van der Waals surface area contributed by atoms with Gasteiger partial charge in [0.05, 0.1) is 12.1 Å². The molecule has 0 fully saturated rings. The normalized spacial score (nSPS) is 12.1. The molecule has 0 saturated heterocycles. The van der Waals surface area contributed by atoms with E-state index in [0.717, 1.165) is 25.7 Å². The number of carbonyl (C=O) groups excluding carboxylic acids is 1. The van der Waals surface area contributed by atoms with E-state index >= 15 is 0 Å². The summed E-state index contributed by atoms with van der Waals surface area (Å²) in [5.41, 5.74) is 0.282. The average molecular weight is 406 g/mol. The molecule has 1 amide bonds. The summed E-state index contributed by atoms with van der Waals surface area (Å²) in [6.07, 6.45) is 7.53. The third-order valence-electron chi connectivity index (χ3n) is 3.62. The van der Waals surface area contributed by atoms with Crippen LogP contribution < -0.4 is 10.1 Å². The number of fused-ring (bicyclic) bond motifs is 1. The molecule has 0 spiro atoms. The zero-order valence-electron chi connectivity index (χ0n) is 14.7. The van der Waals surface area contributed by atoms with Crippen LogP contribution in [-0.2, 0) is 11.3 Å². The molecule has 2 aromatic heterocycles. The third-order valence-corrected chi connectivity index (χ3v) is 5.96. The lowest BCUT2D eigenvalue weighted by molar-refractivity contribution is -0.124. The number of benzene rings is 1. The van der Waals surface area contributed by atoms with E-state index in [0.29, 0.717) is 12.3 Å². The number of aryl methyl sites for hydroxylation is 1. The minimum absolute atomic E-state index is 0.165. The van der Waals surface area contributed by atoms with Crippen molar-refractivity contribution in [2.45, 2.75) is 23.8 Å². The van der Waals surface area contributed by atoms with Crippen LogP contribution in [-0.4, -0.2) is 33.8 Å². The Hall–Kier alpha value is -1.77. The van der Waals surface area contributed by atoms with Gasteiger partial charge in [-0.1, -0.05) is 0 Å². The summed E-state index contributed by atoms with van der Waals surface area (Å²) in [5.74, 6) is 0.485. The van der Waals surface area contributed by atoms with Crippen molar-refractivity contribution in [2.24, 2.45) is 0 Å². The molecule has 0 aliphatic heterocycles. The van der Waals surface area contributed by atoms with Crippen molar-refractivity contribution >= 4 is 51.7 Å². The standard InChI is InChI=1S/C18H19N3O2S3/c1-11-8-20-16(26-11)10-21-17(22)18(25-3)23-13-4-5-15-12(6-13)7-14(24-2)9-19-15/h4-9,18H,10H2,1-3H3,(H,21,22). The Bertz CT molecular complexity index is 914. The van der Waals surface area contributed by atoms with Gasteiger partial charge in [0.25, 0.3) is 5.91 Å². The van der Waals surface area contributed by atoms with E-state index < -0.39 is 5.44 Å². The number of carbonyl (C=O) groups is 1. The lowest BCUT2D eigenvalue weighted by Crippen LogP contribution is -2.35. The second-order valence-electron chi connectivity index (χ2n) is 5.50. The number of thiazole rings is 1. The topological polar surface area (TPSA) is 64.1 Å². The number of rotatable bonds is 7. The fourth-order valence-electron chi connectivity index (χ4n) is 2.34. The quantitative estimate of drug-likeness (QED) is 0.471. The molecule has 8 heteroatoms. The Morgan fingerprint density at radius 2 is 2.12 bits per heavy atom. The molecule has 1 unspecified atom stereocenters. The first-order valence-corrected chi connectivity index (χ1v) is 11.2. The van der Waals surface area contributed by atoms with E-state index in [1.54, 1.807) is 29.3 Å². The van der Waals surface area contributed by atoms with E-state index in [-0.39, 0.29) is 5.91 Å². The first kappa shape index (κ1) is 19.0. The zero-order chi connectivity index (χ0) is 18.5. The first-order chi connectivity index (χ1) is 12.6. The Morgan fingerprint density at radius 1 is 1.27 bits per heavy atom. The lowest BCUT2D eigenvalue weighted by atomic mass is 10.2. The molecule has 0 bridgehead atoms. The van der Waals surface area contributed by atoms with Crippen molar-refractivity contribution in [2.75, 3.05) is 12.5 Å². The number of aromatic nitrogens is 2. The number of ether oxygens (including phenoxy) is 1. The van der Waals surface area contributed by atoms with Crippen molar-refractivity contribution in [1.29, 1.82) is 0 Å². The summed E-state index contributed by atoms with van der Waals surface area (Å²) < 4.78 is 5.90. The zero-order valence-corrected chi connectivity index (χ0v) is 17.1. The first-order valence-electron chi connectivity index (χ1n) is 7.91. The molecule has 136 valence electrons. The largest absolute Gasteiger partial charge is 0.470 e. The molecule has 3 rings (SSSR count). The smallest absolute Gasteiger partial charge is 0.272 e. The van der Waals surface area contributed by atoms with Crippen LogP contribution in [0.4, 0.5) is 0 Å². The SMILES string of the molecule is CSc1cnc2ccc(OC(SC)C(=O)NCc3ncc(C)s3)cc2c1.